The van der Waals surface area contributed by atoms with Crippen LogP contribution in [0.1, 0.15) is 33.9 Å². The monoisotopic (exact) mass is 333 g/mol. The summed E-state index contributed by atoms with van der Waals surface area (Å²) in [6, 6.07) is 26.9. The van der Waals surface area contributed by atoms with Gasteiger partial charge in [0, 0.05) is 24.5 Å². The van der Waals surface area contributed by atoms with E-state index in [1.54, 1.807) is 0 Å². The SMILES string of the molecule is Cn1ccc2c1C(c1cccc3c1Cc1ccccc1-3)c1ccccc1-2. The van der Waals surface area contributed by atoms with Gasteiger partial charge in [0.2, 0.25) is 0 Å². The topological polar surface area (TPSA) is 4.93 Å². The van der Waals surface area contributed by atoms with Gasteiger partial charge in [-0.3, -0.25) is 0 Å². The highest BCUT2D eigenvalue weighted by Crippen LogP contribution is 2.51. The fraction of sp³-hybridized carbons (Fsp3) is 0.120. The summed E-state index contributed by atoms with van der Waals surface area (Å²) in [6.45, 7) is 0. The van der Waals surface area contributed by atoms with Crippen molar-refractivity contribution in [3.63, 3.8) is 0 Å². The minimum atomic E-state index is 0.325. The molecule has 124 valence electrons. The second kappa shape index (κ2) is 4.98. The second-order valence-electron chi connectivity index (χ2n) is 7.45. The molecule has 1 unspecified atom stereocenters. The van der Waals surface area contributed by atoms with Gasteiger partial charge in [0.15, 0.2) is 0 Å². The largest absolute Gasteiger partial charge is 0.353 e. The third-order valence-electron chi connectivity index (χ3n) is 6.15. The number of nitrogens with zero attached hydrogens (tertiary/aromatic N) is 1. The van der Waals surface area contributed by atoms with E-state index in [1.165, 1.54) is 50.2 Å². The molecule has 0 amide bonds. The molecule has 1 heterocycles. The summed E-state index contributed by atoms with van der Waals surface area (Å²) in [4.78, 5) is 0. The van der Waals surface area contributed by atoms with Crippen LogP contribution in [0.2, 0.25) is 0 Å². The normalized spacial score (nSPS) is 16.1. The van der Waals surface area contributed by atoms with E-state index in [0.717, 1.165) is 6.42 Å². The number of rotatable bonds is 1. The predicted molar refractivity (Wildman–Crippen MR) is 106 cm³/mol. The Bertz CT molecular complexity index is 1180. The maximum absolute atomic E-state index is 2.34. The molecule has 1 heteroatoms. The van der Waals surface area contributed by atoms with Crippen molar-refractivity contribution in [2.24, 2.45) is 7.05 Å². The molecule has 0 aliphatic heterocycles. The molecule has 0 N–H and O–H groups in total. The highest BCUT2D eigenvalue weighted by molar-refractivity contribution is 5.83. The Kier molecular flexibility index (Phi) is 2.71. The number of aromatic nitrogens is 1. The van der Waals surface area contributed by atoms with Gasteiger partial charge in [0.25, 0.3) is 0 Å². The highest BCUT2D eigenvalue weighted by atomic mass is 14.9. The zero-order valence-corrected chi connectivity index (χ0v) is 14.7. The molecule has 2 aliphatic rings. The van der Waals surface area contributed by atoms with Crippen molar-refractivity contribution < 1.29 is 0 Å². The lowest BCUT2D eigenvalue weighted by Crippen LogP contribution is -2.07. The number of aryl methyl sites for hydroxylation is 1. The summed E-state index contributed by atoms with van der Waals surface area (Å²) in [5, 5.41) is 0. The predicted octanol–water partition coefficient (Wildman–Crippen LogP) is 5.76. The van der Waals surface area contributed by atoms with Gasteiger partial charge < -0.3 is 4.57 Å². The van der Waals surface area contributed by atoms with E-state index >= 15 is 0 Å². The van der Waals surface area contributed by atoms with Gasteiger partial charge in [-0.05, 0) is 51.4 Å². The standard InChI is InChI=1S/C25H19N/c1-26-14-13-22-19-9-4-5-10-20(19)24(25(22)26)21-12-6-11-18-17-8-3-2-7-16(17)15-23(18)21/h2-14,24H,15H2,1H3. The Morgan fingerprint density at radius 2 is 1.42 bits per heavy atom. The molecule has 0 fully saturated rings. The van der Waals surface area contributed by atoms with Crippen LogP contribution >= 0.6 is 0 Å². The van der Waals surface area contributed by atoms with Crippen molar-refractivity contribution in [2.75, 3.05) is 0 Å². The van der Waals surface area contributed by atoms with Crippen molar-refractivity contribution >= 4 is 0 Å². The molecule has 0 radical (unpaired) electrons. The van der Waals surface area contributed by atoms with Crippen LogP contribution in [0.4, 0.5) is 0 Å². The van der Waals surface area contributed by atoms with Gasteiger partial charge in [-0.25, -0.2) is 0 Å². The summed E-state index contributed by atoms with van der Waals surface area (Å²) in [5.74, 6) is 0.325. The minimum Gasteiger partial charge on any atom is -0.353 e. The number of benzene rings is 3. The molecule has 3 aromatic carbocycles. The van der Waals surface area contributed by atoms with E-state index in [0.29, 0.717) is 5.92 Å². The maximum atomic E-state index is 2.34. The molecule has 2 aliphatic carbocycles. The highest BCUT2D eigenvalue weighted by Gasteiger charge is 2.34. The fourth-order valence-corrected chi connectivity index (χ4v) is 5.04. The van der Waals surface area contributed by atoms with E-state index in [1.807, 2.05) is 0 Å². The van der Waals surface area contributed by atoms with Crippen LogP contribution in [-0.4, -0.2) is 4.57 Å². The van der Waals surface area contributed by atoms with Crippen molar-refractivity contribution in [1.82, 2.24) is 4.57 Å². The van der Waals surface area contributed by atoms with Crippen LogP contribution in [-0.2, 0) is 13.5 Å². The molecular formula is C25H19N. The third-order valence-corrected chi connectivity index (χ3v) is 6.15. The van der Waals surface area contributed by atoms with E-state index in [4.69, 9.17) is 0 Å². The molecule has 0 saturated carbocycles. The summed E-state index contributed by atoms with van der Waals surface area (Å²) in [5.41, 5.74) is 12.9. The molecule has 6 rings (SSSR count). The summed E-state index contributed by atoms with van der Waals surface area (Å²) in [6.07, 6.45) is 3.24. The molecule has 0 spiro atoms. The summed E-state index contributed by atoms with van der Waals surface area (Å²) in [7, 11) is 2.18. The summed E-state index contributed by atoms with van der Waals surface area (Å²) >= 11 is 0. The van der Waals surface area contributed by atoms with E-state index < -0.39 is 0 Å². The van der Waals surface area contributed by atoms with Crippen LogP contribution in [0.3, 0.4) is 0 Å². The van der Waals surface area contributed by atoms with Gasteiger partial charge in [-0.2, -0.15) is 0 Å². The Morgan fingerprint density at radius 3 is 2.35 bits per heavy atom. The van der Waals surface area contributed by atoms with Gasteiger partial charge in [0.1, 0.15) is 0 Å². The van der Waals surface area contributed by atoms with Gasteiger partial charge in [-0.1, -0.05) is 66.7 Å². The van der Waals surface area contributed by atoms with E-state index in [2.05, 4.69) is 90.6 Å². The summed E-state index contributed by atoms with van der Waals surface area (Å²) < 4.78 is 2.31. The Balaban J connectivity index is 1.63. The average molecular weight is 333 g/mol. The Hall–Kier alpha value is -3.06. The van der Waals surface area contributed by atoms with Crippen LogP contribution in [0, 0.1) is 0 Å². The maximum Gasteiger partial charge on any atom is 0.0508 e. The average Bonchev–Trinajstić information content (AvgIpc) is 3.33. The lowest BCUT2D eigenvalue weighted by Gasteiger charge is -2.19. The second-order valence-corrected chi connectivity index (χ2v) is 7.45. The van der Waals surface area contributed by atoms with Crippen LogP contribution in [0.15, 0.2) is 79.0 Å². The van der Waals surface area contributed by atoms with Crippen molar-refractivity contribution in [3.05, 3.63) is 107 Å². The van der Waals surface area contributed by atoms with Crippen molar-refractivity contribution in [3.8, 4) is 22.3 Å². The molecule has 1 atom stereocenters. The first-order valence-corrected chi connectivity index (χ1v) is 9.27. The third kappa shape index (κ3) is 1.70. The molecule has 4 aromatic rings. The zero-order chi connectivity index (χ0) is 17.3. The van der Waals surface area contributed by atoms with E-state index in [9.17, 15) is 0 Å². The molecule has 1 nitrogen and oxygen atoms in total. The Morgan fingerprint density at radius 1 is 0.692 bits per heavy atom. The number of hydrogen-bond donors (Lipinski definition) is 0. The van der Waals surface area contributed by atoms with Gasteiger partial charge in [0.05, 0.1) is 5.92 Å². The first-order chi connectivity index (χ1) is 12.8. The number of hydrogen-bond acceptors (Lipinski definition) is 0. The quantitative estimate of drug-likeness (QED) is 0.361. The Labute approximate surface area is 153 Å². The molecular weight excluding hydrogens is 314 g/mol. The van der Waals surface area contributed by atoms with E-state index in [-0.39, 0.29) is 0 Å². The van der Waals surface area contributed by atoms with Gasteiger partial charge >= 0.3 is 0 Å². The number of fused-ring (bicyclic) bond motifs is 6. The van der Waals surface area contributed by atoms with Crippen LogP contribution in [0.5, 0.6) is 0 Å². The van der Waals surface area contributed by atoms with Crippen LogP contribution in [0.25, 0.3) is 22.3 Å². The first-order valence-electron chi connectivity index (χ1n) is 9.27. The first kappa shape index (κ1) is 14.1. The smallest absolute Gasteiger partial charge is 0.0508 e. The minimum absolute atomic E-state index is 0.325. The lowest BCUT2D eigenvalue weighted by molar-refractivity contribution is 0.805. The molecule has 26 heavy (non-hydrogen) atoms. The van der Waals surface area contributed by atoms with Crippen molar-refractivity contribution in [2.45, 2.75) is 12.3 Å². The molecule has 1 aromatic heterocycles. The molecule has 0 saturated heterocycles. The van der Waals surface area contributed by atoms with Crippen LogP contribution < -0.4 is 0 Å². The lowest BCUT2D eigenvalue weighted by atomic mass is 9.86. The zero-order valence-electron chi connectivity index (χ0n) is 14.7. The van der Waals surface area contributed by atoms with Crippen molar-refractivity contribution in [1.29, 1.82) is 0 Å². The molecule has 0 bridgehead atoms. The fourth-order valence-electron chi connectivity index (χ4n) is 5.04. The van der Waals surface area contributed by atoms with Gasteiger partial charge in [-0.15, -0.1) is 0 Å².